The minimum atomic E-state index is -1.21. The number of hydrogen-bond acceptors (Lipinski definition) is 4. The van der Waals surface area contributed by atoms with Gasteiger partial charge in [0, 0.05) is 29.9 Å². The first-order valence-electron chi connectivity index (χ1n) is 8.43. The van der Waals surface area contributed by atoms with Crippen LogP contribution < -0.4 is 4.90 Å². The Morgan fingerprint density at radius 3 is 2.33 bits per heavy atom. The van der Waals surface area contributed by atoms with Gasteiger partial charge in [-0.05, 0) is 23.8 Å². The number of fused-ring (bicyclic) bond motifs is 1. The van der Waals surface area contributed by atoms with Crippen molar-refractivity contribution in [3.63, 3.8) is 0 Å². The molecule has 0 radical (unpaired) electrons. The number of para-hydroxylation sites is 1. The number of ether oxygens (including phenoxy) is 1. The van der Waals surface area contributed by atoms with Crippen LogP contribution >= 0.6 is 0 Å². The molecule has 27 heavy (non-hydrogen) atoms. The van der Waals surface area contributed by atoms with Gasteiger partial charge < -0.3 is 9.64 Å². The van der Waals surface area contributed by atoms with Gasteiger partial charge in [0.25, 0.3) is 0 Å². The molecule has 0 bridgehead atoms. The second-order valence-electron chi connectivity index (χ2n) is 6.87. The highest BCUT2D eigenvalue weighted by Crippen LogP contribution is 2.46. The number of likely N-dealkylation sites (N-methyl/N-ethyl adjacent to an activating group) is 1. The minimum Gasteiger partial charge on any atom is -0.454 e. The van der Waals surface area contributed by atoms with Crippen LogP contribution in [0.1, 0.15) is 29.8 Å². The number of halogens is 2. The van der Waals surface area contributed by atoms with Gasteiger partial charge in [0.05, 0.1) is 0 Å². The summed E-state index contributed by atoms with van der Waals surface area (Å²) in [5, 5.41) is 0. The average molecular weight is 371 g/mol. The molecule has 0 fully saturated rings. The van der Waals surface area contributed by atoms with Crippen LogP contribution in [-0.2, 0) is 14.9 Å². The zero-order valence-corrected chi connectivity index (χ0v) is 15.3. The quantitative estimate of drug-likeness (QED) is 0.602. The Balaban J connectivity index is 1.75. The van der Waals surface area contributed by atoms with E-state index in [1.54, 1.807) is 0 Å². The number of ketones is 1. The van der Waals surface area contributed by atoms with E-state index in [9.17, 15) is 18.4 Å². The first-order chi connectivity index (χ1) is 12.7. The molecule has 3 rings (SSSR count). The van der Waals surface area contributed by atoms with Crippen LogP contribution in [0.4, 0.5) is 14.5 Å². The van der Waals surface area contributed by atoms with E-state index in [-0.39, 0.29) is 0 Å². The molecule has 2 aromatic rings. The van der Waals surface area contributed by atoms with Crippen molar-refractivity contribution in [2.45, 2.75) is 19.3 Å². The normalized spacial score (nSPS) is 16.3. The Labute approximate surface area is 156 Å². The fourth-order valence-electron chi connectivity index (χ4n) is 3.35. The molecule has 0 saturated carbocycles. The summed E-state index contributed by atoms with van der Waals surface area (Å²) in [7, 11) is 1.85. The summed E-state index contributed by atoms with van der Waals surface area (Å²) in [5.41, 5.74) is 1.62. The van der Waals surface area contributed by atoms with Gasteiger partial charge in [0.2, 0.25) is 0 Å². The van der Waals surface area contributed by atoms with Crippen LogP contribution in [0.2, 0.25) is 0 Å². The molecule has 1 aliphatic rings. The van der Waals surface area contributed by atoms with E-state index >= 15 is 0 Å². The van der Waals surface area contributed by atoms with Crippen molar-refractivity contribution in [2.24, 2.45) is 0 Å². The van der Waals surface area contributed by atoms with Crippen LogP contribution in [0.15, 0.2) is 54.2 Å². The summed E-state index contributed by atoms with van der Waals surface area (Å²) in [4.78, 5) is 26.1. The maximum atomic E-state index is 13.6. The Bertz CT molecular complexity index is 930. The number of hydrogen-bond donors (Lipinski definition) is 0. The van der Waals surface area contributed by atoms with Crippen molar-refractivity contribution in [1.82, 2.24) is 0 Å². The lowest BCUT2D eigenvalue weighted by molar-refractivity contribution is -0.117. The standard InChI is InChI=1S/C21H19F2NO3/c1-21(2)14-7-4-5-10-17(14)24(3)18(21)11-13(25)12-27-20(26)19-15(22)8-6-9-16(19)23/h4-11H,12H2,1-3H3. The van der Waals surface area contributed by atoms with Crippen molar-refractivity contribution in [3.8, 4) is 0 Å². The molecule has 0 spiro atoms. The van der Waals surface area contributed by atoms with Crippen LogP contribution in [0.3, 0.4) is 0 Å². The van der Waals surface area contributed by atoms with E-state index in [0.29, 0.717) is 0 Å². The summed E-state index contributed by atoms with van der Waals surface area (Å²) in [6.45, 7) is 3.39. The number of anilines is 1. The first kappa shape index (κ1) is 18.8. The molecular weight excluding hydrogens is 352 g/mol. The maximum absolute atomic E-state index is 13.6. The molecule has 2 aromatic carbocycles. The highest BCUT2D eigenvalue weighted by atomic mass is 19.1. The van der Waals surface area contributed by atoms with Gasteiger partial charge in [-0.25, -0.2) is 13.6 Å². The number of rotatable bonds is 4. The van der Waals surface area contributed by atoms with Gasteiger partial charge in [-0.2, -0.15) is 0 Å². The van der Waals surface area contributed by atoms with E-state index in [1.807, 2.05) is 50.1 Å². The fraction of sp³-hybridized carbons (Fsp3) is 0.238. The van der Waals surface area contributed by atoms with Crippen molar-refractivity contribution in [2.75, 3.05) is 18.6 Å². The van der Waals surface area contributed by atoms with Crippen LogP contribution in [0.5, 0.6) is 0 Å². The van der Waals surface area contributed by atoms with E-state index in [0.717, 1.165) is 35.1 Å². The summed E-state index contributed by atoms with van der Waals surface area (Å²) >= 11 is 0. The molecule has 140 valence electrons. The fourth-order valence-corrected chi connectivity index (χ4v) is 3.35. The number of esters is 1. The third-order valence-corrected chi connectivity index (χ3v) is 4.75. The summed E-state index contributed by atoms with van der Waals surface area (Å²) in [6.07, 6.45) is 1.41. The largest absolute Gasteiger partial charge is 0.454 e. The molecule has 0 atom stereocenters. The summed E-state index contributed by atoms with van der Waals surface area (Å²) in [5.74, 6) is -3.74. The molecule has 1 aliphatic heterocycles. The predicted octanol–water partition coefficient (Wildman–Crippen LogP) is 4.00. The Kier molecular flexibility index (Phi) is 4.83. The molecule has 4 nitrogen and oxygen atoms in total. The Morgan fingerprint density at radius 1 is 1.07 bits per heavy atom. The smallest absolute Gasteiger partial charge is 0.344 e. The highest BCUT2D eigenvalue weighted by molar-refractivity contribution is 5.96. The van der Waals surface area contributed by atoms with Crippen molar-refractivity contribution >= 4 is 17.4 Å². The van der Waals surface area contributed by atoms with Crippen LogP contribution in [0, 0.1) is 11.6 Å². The van der Waals surface area contributed by atoms with Crippen molar-refractivity contribution in [1.29, 1.82) is 0 Å². The molecule has 0 N–H and O–H groups in total. The zero-order valence-electron chi connectivity index (χ0n) is 15.3. The second-order valence-corrected chi connectivity index (χ2v) is 6.87. The Hall–Kier alpha value is -3.02. The van der Waals surface area contributed by atoms with Gasteiger partial charge in [0.1, 0.15) is 17.2 Å². The number of allylic oxidation sites excluding steroid dienone is 1. The van der Waals surface area contributed by atoms with E-state index in [4.69, 9.17) is 4.74 Å². The van der Waals surface area contributed by atoms with Gasteiger partial charge in [0.15, 0.2) is 12.4 Å². The number of benzene rings is 2. The van der Waals surface area contributed by atoms with E-state index < -0.39 is 41.0 Å². The summed E-state index contributed by atoms with van der Waals surface area (Å²) < 4.78 is 32.0. The molecule has 0 aliphatic carbocycles. The SMILES string of the molecule is CN1C(=CC(=O)COC(=O)c2c(F)cccc2F)C(C)(C)c2ccccc21. The summed E-state index contributed by atoms with van der Waals surface area (Å²) in [6, 6.07) is 10.9. The monoisotopic (exact) mass is 371 g/mol. The lowest BCUT2D eigenvalue weighted by Gasteiger charge is -2.23. The zero-order chi connectivity index (χ0) is 19.8. The molecule has 6 heteroatoms. The Morgan fingerprint density at radius 2 is 1.70 bits per heavy atom. The average Bonchev–Trinajstić information content (AvgIpc) is 2.81. The molecule has 0 unspecified atom stereocenters. The third kappa shape index (κ3) is 3.35. The van der Waals surface area contributed by atoms with Crippen molar-refractivity contribution < 1.29 is 23.1 Å². The number of nitrogens with zero attached hydrogens (tertiary/aromatic N) is 1. The first-order valence-corrected chi connectivity index (χ1v) is 8.43. The van der Waals surface area contributed by atoms with Gasteiger partial charge in [-0.15, -0.1) is 0 Å². The lowest BCUT2D eigenvalue weighted by Crippen LogP contribution is -2.25. The van der Waals surface area contributed by atoms with Gasteiger partial charge in [-0.1, -0.05) is 38.1 Å². The topological polar surface area (TPSA) is 46.6 Å². The van der Waals surface area contributed by atoms with E-state index in [2.05, 4.69) is 0 Å². The van der Waals surface area contributed by atoms with Crippen molar-refractivity contribution in [3.05, 3.63) is 77.0 Å². The van der Waals surface area contributed by atoms with Crippen LogP contribution in [-0.4, -0.2) is 25.4 Å². The van der Waals surface area contributed by atoms with E-state index in [1.165, 1.54) is 6.08 Å². The lowest BCUT2D eigenvalue weighted by atomic mass is 9.83. The third-order valence-electron chi connectivity index (χ3n) is 4.75. The molecule has 0 amide bonds. The maximum Gasteiger partial charge on any atom is 0.344 e. The molecule has 0 aromatic heterocycles. The highest BCUT2D eigenvalue weighted by Gasteiger charge is 2.38. The molecule has 0 saturated heterocycles. The second kappa shape index (κ2) is 6.95. The minimum absolute atomic E-state index is 0.400. The predicted molar refractivity (Wildman–Crippen MR) is 97.6 cm³/mol. The van der Waals surface area contributed by atoms with Gasteiger partial charge in [-0.3, -0.25) is 4.79 Å². The number of carbonyl (C=O) groups is 2. The van der Waals surface area contributed by atoms with Crippen LogP contribution in [0.25, 0.3) is 0 Å². The number of carbonyl (C=O) groups excluding carboxylic acids is 2. The molecule has 1 heterocycles. The van der Waals surface area contributed by atoms with Gasteiger partial charge >= 0.3 is 5.97 Å². The molecular formula is C21H19F2NO3.